The molecule has 0 heterocycles. The van der Waals surface area contributed by atoms with Crippen molar-refractivity contribution in [3.8, 4) is 0 Å². The Hall–Kier alpha value is -0.870. The second kappa shape index (κ2) is 7.54. The molecule has 1 aromatic rings. The van der Waals surface area contributed by atoms with Gasteiger partial charge in [0.2, 0.25) is 5.91 Å². The van der Waals surface area contributed by atoms with Crippen molar-refractivity contribution in [2.75, 3.05) is 18.5 Å². The number of nitrogens with two attached hydrogens (primary N) is 1. The highest BCUT2D eigenvalue weighted by Crippen LogP contribution is 2.19. The first kappa shape index (κ1) is 17.1. The van der Waals surface area contributed by atoms with Crippen LogP contribution >= 0.6 is 24.2 Å². The lowest BCUT2D eigenvalue weighted by atomic mass is 10.1. The van der Waals surface area contributed by atoms with Crippen molar-refractivity contribution >= 4 is 35.8 Å². The van der Waals surface area contributed by atoms with Crippen LogP contribution in [-0.2, 0) is 11.2 Å². The second-order valence-corrected chi connectivity index (χ2v) is 6.17. The van der Waals surface area contributed by atoms with Gasteiger partial charge in [-0.15, -0.1) is 12.4 Å². The van der Waals surface area contributed by atoms with Crippen molar-refractivity contribution in [1.82, 2.24) is 5.32 Å². The summed E-state index contributed by atoms with van der Waals surface area (Å²) < 4.78 is 0.0801. The minimum Gasteiger partial charge on any atom is -0.399 e. The lowest BCUT2D eigenvalue weighted by Crippen LogP contribution is -2.36. The number of nitrogen functional groups attached to an aromatic ring is 1. The molecule has 0 spiro atoms. The molecule has 18 heavy (non-hydrogen) atoms. The first-order valence-corrected chi connectivity index (χ1v) is 6.82. The Morgan fingerprint density at radius 2 is 1.89 bits per heavy atom. The smallest absolute Gasteiger partial charge is 0.224 e. The van der Waals surface area contributed by atoms with Gasteiger partial charge < -0.3 is 11.1 Å². The summed E-state index contributed by atoms with van der Waals surface area (Å²) in [4.78, 5) is 11.7. The number of rotatable bonds is 5. The van der Waals surface area contributed by atoms with Gasteiger partial charge in [0.25, 0.3) is 0 Å². The average Bonchev–Trinajstić information content (AvgIpc) is 2.30. The van der Waals surface area contributed by atoms with Gasteiger partial charge in [0.1, 0.15) is 0 Å². The van der Waals surface area contributed by atoms with E-state index >= 15 is 0 Å². The monoisotopic (exact) mass is 288 g/mol. The van der Waals surface area contributed by atoms with Gasteiger partial charge in [-0.2, -0.15) is 11.8 Å². The minimum atomic E-state index is 0. The number of anilines is 1. The van der Waals surface area contributed by atoms with Crippen molar-refractivity contribution < 1.29 is 4.79 Å². The maximum Gasteiger partial charge on any atom is 0.224 e. The number of thioether (sulfide) groups is 1. The van der Waals surface area contributed by atoms with Crippen LogP contribution in [0.1, 0.15) is 19.4 Å². The highest BCUT2D eigenvalue weighted by molar-refractivity contribution is 7.99. The Morgan fingerprint density at radius 1 is 1.33 bits per heavy atom. The van der Waals surface area contributed by atoms with Gasteiger partial charge in [0, 0.05) is 17.0 Å². The predicted molar refractivity (Wildman–Crippen MR) is 82.4 cm³/mol. The van der Waals surface area contributed by atoms with Crippen molar-refractivity contribution in [2.24, 2.45) is 0 Å². The number of amides is 1. The van der Waals surface area contributed by atoms with E-state index in [1.807, 2.05) is 30.5 Å². The van der Waals surface area contributed by atoms with E-state index in [1.54, 1.807) is 11.8 Å². The molecule has 0 aliphatic heterocycles. The van der Waals surface area contributed by atoms with E-state index in [0.717, 1.165) is 11.3 Å². The lowest BCUT2D eigenvalue weighted by Gasteiger charge is -2.22. The first-order chi connectivity index (χ1) is 7.93. The predicted octanol–water partition coefficient (Wildman–Crippen LogP) is 2.49. The van der Waals surface area contributed by atoms with Crippen LogP contribution in [0.25, 0.3) is 0 Å². The summed E-state index contributed by atoms with van der Waals surface area (Å²) in [6, 6.07) is 7.39. The van der Waals surface area contributed by atoms with Crippen LogP contribution in [0.3, 0.4) is 0 Å². The van der Waals surface area contributed by atoms with Crippen molar-refractivity contribution in [2.45, 2.75) is 25.0 Å². The maximum atomic E-state index is 11.7. The summed E-state index contributed by atoms with van der Waals surface area (Å²) in [5.41, 5.74) is 7.29. The van der Waals surface area contributed by atoms with Gasteiger partial charge in [-0.3, -0.25) is 4.79 Å². The molecule has 1 amide bonds. The molecule has 0 atom stereocenters. The molecular formula is C13H21ClN2OS. The van der Waals surface area contributed by atoms with E-state index in [-0.39, 0.29) is 23.1 Å². The molecule has 1 aromatic carbocycles. The summed E-state index contributed by atoms with van der Waals surface area (Å²) in [5, 5.41) is 2.95. The molecular weight excluding hydrogens is 268 g/mol. The van der Waals surface area contributed by atoms with Crippen molar-refractivity contribution in [1.29, 1.82) is 0 Å². The van der Waals surface area contributed by atoms with Gasteiger partial charge in [-0.25, -0.2) is 0 Å². The Kier molecular flexibility index (Phi) is 7.18. The summed E-state index contributed by atoms with van der Waals surface area (Å²) in [6.07, 6.45) is 2.46. The summed E-state index contributed by atoms with van der Waals surface area (Å²) >= 11 is 1.75. The number of carbonyl (C=O) groups is 1. The van der Waals surface area contributed by atoms with Gasteiger partial charge in [0.15, 0.2) is 0 Å². The third-order valence-corrected chi connectivity index (χ3v) is 3.86. The molecule has 0 radical (unpaired) electrons. The van der Waals surface area contributed by atoms with Crippen LogP contribution in [0.5, 0.6) is 0 Å². The Bertz CT molecular complexity index is 379. The molecule has 1 rings (SSSR count). The maximum absolute atomic E-state index is 11.7. The molecule has 0 aliphatic carbocycles. The van der Waals surface area contributed by atoms with Gasteiger partial charge >= 0.3 is 0 Å². The number of nitrogens with one attached hydrogen (secondary N) is 1. The molecule has 3 nitrogen and oxygen atoms in total. The zero-order valence-corrected chi connectivity index (χ0v) is 12.7. The fraction of sp³-hybridized carbons (Fsp3) is 0.462. The zero-order chi connectivity index (χ0) is 12.9. The highest BCUT2D eigenvalue weighted by atomic mass is 35.5. The van der Waals surface area contributed by atoms with Gasteiger partial charge in [0.05, 0.1) is 6.42 Å². The highest BCUT2D eigenvalue weighted by Gasteiger charge is 2.16. The SMILES string of the molecule is CSC(C)(C)CNC(=O)Cc1ccc(N)cc1.Cl. The van der Waals surface area contributed by atoms with E-state index in [2.05, 4.69) is 19.2 Å². The van der Waals surface area contributed by atoms with E-state index in [1.165, 1.54) is 0 Å². The molecule has 102 valence electrons. The summed E-state index contributed by atoms with van der Waals surface area (Å²) in [6.45, 7) is 4.91. The molecule has 0 aromatic heterocycles. The molecule has 0 fully saturated rings. The van der Waals surface area contributed by atoms with Crippen LogP contribution in [-0.4, -0.2) is 23.5 Å². The van der Waals surface area contributed by atoms with Crippen LogP contribution in [0.2, 0.25) is 0 Å². The second-order valence-electron chi connectivity index (χ2n) is 4.66. The molecule has 5 heteroatoms. The van der Waals surface area contributed by atoms with Crippen molar-refractivity contribution in [3.05, 3.63) is 29.8 Å². The quantitative estimate of drug-likeness (QED) is 0.819. The number of hydrogen-bond donors (Lipinski definition) is 2. The molecule has 0 bridgehead atoms. The molecule has 0 unspecified atom stereocenters. The molecule has 3 N–H and O–H groups in total. The van der Waals surface area contributed by atoms with Crippen LogP contribution in [0.15, 0.2) is 24.3 Å². The Balaban J connectivity index is 0.00000289. The van der Waals surface area contributed by atoms with Crippen LogP contribution < -0.4 is 11.1 Å². The molecule has 0 saturated heterocycles. The first-order valence-electron chi connectivity index (χ1n) is 5.59. The summed E-state index contributed by atoms with van der Waals surface area (Å²) in [5.74, 6) is 0.0527. The third kappa shape index (κ3) is 6.17. The van der Waals surface area contributed by atoms with Crippen LogP contribution in [0.4, 0.5) is 5.69 Å². The Labute approximate surface area is 119 Å². The fourth-order valence-corrected chi connectivity index (χ4v) is 1.48. The zero-order valence-electron chi connectivity index (χ0n) is 11.0. The van der Waals surface area contributed by atoms with E-state index < -0.39 is 0 Å². The van der Waals surface area contributed by atoms with Gasteiger partial charge in [-0.1, -0.05) is 12.1 Å². The number of benzene rings is 1. The normalized spacial score (nSPS) is 10.6. The average molecular weight is 289 g/mol. The third-order valence-electron chi connectivity index (χ3n) is 2.61. The molecule has 0 saturated carbocycles. The number of halogens is 1. The topological polar surface area (TPSA) is 55.1 Å². The van der Waals surface area contributed by atoms with Gasteiger partial charge in [-0.05, 0) is 37.8 Å². The standard InChI is InChI=1S/C13H20N2OS.ClH/c1-13(2,17-3)9-15-12(16)8-10-4-6-11(14)7-5-10;/h4-7H,8-9,14H2,1-3H3,(H,15,16);1H. The van der Waals surface area contributed by atoms with E-state index in [9.17, 15) is 4.79 Å². The summed E-state index contributed by atoms with van der Waals surface area (Å²) in [7, 11) is 0. The van der Waals surface area contributed by atoms with E-state index in [4.69, 9.17) is 5.73 Å². The Morgan fingerprint density at radius 3 is 2.39 bits per heavy atom. The largest absolute Gasteiger partial charge is 0.399 e. The van der Waals surface area contributed by atoms with Crippen LogP contribution in [0, 0.1) is 0 Å². The fourth-order valence-electron chi connectivity index (χ4n) is 1.27. The molecule has 0 aliphatic rings. The minimum absolute atomic E-state index is 0. The van der Waals surface area contributed by atoms with Crippen molar-refractivity contribution in [3.63, 3.8) is 0 Å². The lowest BCUT2D eigenvalue weighted by molar-refractivity contribution is -0.120. The number of hydrogen-bond acceptors (Lipinski definition) is 3. The van der Waals surface area contributed by atoms with E-state index in [0.29, 0.717) is 13.0 Å². The number of carbonyl (C=O) groups excluding carboxylic acids is 1.